The number of rotatable bonds is 2. The number of nitrogens with two attached hydrogens (primary N) is 1. The van der Waals surface area contributed by atoms with E-state index >= 15 is 0 Å². The molecule has 0 radical (unpaired) electrons. The van der Waals surface area contributed by atoms with Gasteiger partial charge in [-0.15, -0.1) is 0 Å². The van der Waals surface area contributed by atoms with Crippen molar-refractivity contribution in [3.63, 3.8) is 0 Å². The number of anilines is 2. The molecule has 2 fully saturated rings. The van der Waals surface area contributed by atoms with Crippen molar-refractivity contribution in [1.29, 1.82) is 0 Å². The first-order valence-electron chi connectivity index (χ1n) is 7.73. The topological polar surface area (TPSA) is 96.1 Å². The van der Waals surface area contributed by atoms with Crippen LogP contribution in [0.4, 0.5) is 11.4 Å². The van der Waals surface area contributed by atoms with Gasteiger partial charge >= 0.3 is 0 Å². The second kappa shape index (κ2) is 6.27. The van der Waals surface area contributed by atoms with Crippen LogP contribution in [-0.2, 0) is 14.3 Å². The van der Waals surface area contributed by atoms with Crippen LogP contribution in [0, 0.1) is 6.92 Å². The van der Waals surface area contributed by atoms with Gasteiger partial charge < -0.3 is 25.4 Å². The number of hydrogen-bond acceptors (Lipinski definition) is 5. The van der Waals surface area contributed by atoms with E-state index in [0.717, 1.165) is 11.3 Å². The zero-order valence-electron chi connectivity index (χ0n) is 13.1. The maximum atomic E-state index is 12.2. The molecule has 23 heavy (non-hydrogen) atoms. The van der Waals surface area contributed by atoms with Gasteiger partial charge in [-0.3, -0.25) is 9.59 Å². The van der Waals surface area contributed by atoms with Gasteiger partial charge in [-0.2, -0.15) is 0 Å². The third-order valence-corrected chi connectivity index (χ3v) is 4.32. The molecule has 2 atom stereocenters. The fraction of sp³-hybridized carbons (Fsp3) is 0.500. The monoisotopic (exact) mass is 319 g/mol. The quantitative estimate of drug-likeness (QED) is 0.786. The molecule has 1 aromatic rings. The summed E-state index contributed by atoms with van der Waals surface area (Å²) in [6, 6.07) is 4.88. The molecule has 3 rings (SSSR count). The van der Waals surface area contributed by atoms with E-state index in [1.807, 2.05) is 19.1 Å². The van der Waals surface area contributed by atoms with Crippen molar-refractivity contribution in [2.45, 2.75) is 25.5 Å². The third kappa shape index (κ3) is 2.95. The van der Waals surface area contributed by atoms with Crippen molar-refractivity contribution < 1.29 is 19.4 Å². The second-order valence-corrected chi connectivity index (χ2v) is 5.94. The summed E-state index contributed by atoms with van der Waals surface area (Å²) in [5.74, 6) is -0.350. The summed E-state index contributed by atoms with van der Waals surface area (Å²) < 4.78 is 5.34. The molecule has 2 amide bonds. The molecule has 0 bridgehead atoms. The Morgan fingerprint density at radius 1 is 1.26 bits per heavy atom. The summed E-state index contributed by atoms with van der Waals surface area (Å²) in [6.07, 6.45) is -0.786. The standard InChI is InChI=1S/C16H21N3O4/c1-10-8-11(19-9-12(17)15(21)16(19)22)2-3-13(10)18-5-7-23-6-4-14(18)20/h2-3,8,12,15,21H,4-7,9,17H2,1H3. The van der Waals surface area contributed by atoms with Gasteiger partial charge in [-0.25, -0.2) is 0 Å². The number of benzene rings is 1. The number of aryl methyl sites for hydroxylation is 1. The molecule has 2 saturated heterocycles. The highest BCUT2D eigenvalue weighted by molar-refractivity contribution is 6.00. The van der Waals surface area contributed by atoms with Gasteiger partial charge in [0, 0.05) is 24.5 Å². The molecule has 7 heteroatoms. The first-order chi connectivity index (χ1) is 11.0. The minimum Gasteiger partial charge on any atom is -0.382 e. The molecule has 0 aromatic heterocycles. The number of carbonyl (C=O) groups is 2. The van der Waals surface area contributed by atoms with Gasteiger partial charge in [0.2, 0.25) is 5.91 Å². The van der Waals surface area contributed by atoms with Crippen LogP contribution >= 0.6 is 0 Å². The zero-order chi connectivity index (χ0) is 16.6. The second-order valence-electron chi connectivity index (χ2n) is 5.94. The Kier molecular flexibility index (Phi) is 4.34. The van der Waals surface area contributed by atoms with E-state index in [1.165, 1.54) is 4.90 Å². The third-order valence-electron chi connectivity index (χ3n) is 4.32. The average molecular weight is 319 g/mol. The van der Waals surface area contributed by atoms with E-state index in [2.05, 4.69) is 0 Å². The van der Waals surface area contributed by atoms with E-state index in [-0.39, 0.29) is 18.4 Å². The van der Waals surface area contributed by atoms with Crippen molar-refractivity contribution in [3.05, 3.63) is 23.8 Å². The van der Waals surface area contributed by atoms with Gasteiger partial charge in [0.05, 0.1) is 25.7 Å². The highest BCUT2D eigenvalue weighted by Crippen LogP contribution is 2.29. The van der Waals surface area contributed by atoms with Crippen molar-refractivity contribution in [2.75, 3.05) is 36.1 Å². The summed E-state index contributed by atoms with van der Waals surface area (Å²) >= 11 is 0. The van der Waals surface area contributed by atoms with Gasteiger partial charge in [0.1, 0.15) is 6.10 Å². The molecule has 0 spiro atoms. The molecule has 2 unspecified atom stereocenters. The largest absolute Gasteiger partial charge is 0.382 e. The maximum Gasteiger partial charge on any atom is 0.257 e. The van der Waals surface area contributed by atoms with Crippen LogP contribution in [0.5, 0.6) is 0 Å². The smallest absolute Gasteiger partial charge is 0.257 e. The Morgan fingerprint density at radius 3 is 2.70 bits per heavy atom. The lowest BCUT2D eigenvalue weighted by Crippen LogP contribution is -2.34. The van der Waals surface area contributed by atoms with Crippen molar-refractivity contribution in [3.8, 4) is 0 Å². The highest BCUT2D eigenvalue weighted by Gasteiger charge is 2.37. The van der Waals surface area contributed by atoms with E-state index in [0.29, 0.717) is 31.9 Å². The van der Waals surface area contributed by atoms with E-state index < -0.39 is 12.1 Å². The molecule has 7 nitrogen and oxygen atoms in total. The highest BCUT2D eigenvalue weighted by atomic mass is 16.5. The predicted octanol–water partition coefficient (Wildman–Crippen LogP) is -0.217. The summed E-state index contributed by atoms with van der Waals surface area (Å²) in [7, 11) is 0. The first kappa shape index (κ1) is 15.9. The Bertz CT molecular complexity index is 634. The fourth-order valence-electron chi connectivity index (χ4n) is 3.02. The van der Waals surface area contributed by atoms with Crippen LogP contribution in [0.1, 0.15) is 12.0 Å². The van der Waals surface area contributed by atoms with Crippen LogP contribution in [0.15, 0.2) is 18.2 Å². The van der Waals surface area contributed by atoms with Crippen LogP contribution < -0.4 is 15.5 Å². The van der Waals surface area contributed by atoms with Gasteiger partial charge in [0.15, 0.2) is 0 Å². The molecule has 124 valence electrons. The summed E-state index contributed by atoms with van der Waals surface area (Å²) in [5, 5.41) is 9.71. The van der Waals surface area contributed by atoms with Gasteiger partial charge in [-0.05, 0) is 30.7 Å². The van der Waals surface area contributed by atoms with E-state index in [1.54, 1.807) is 11.0 Å². The molecule has 3 N–H and O–H groups in total. The van der Waals surface area contributed by atoms with Crippen LogP contribution in [0.2, 0.25) is 0 Å². The molecule has 0 saturated carbocycles. The number of amides is 2. The van der Waals surface area contributed by atoms with Crippen LogP contribution in [0.25, 0.3) is 0 Å². The van der Waals surface area contributed by atoms with Crippen LogP contribution in [0.3, 0.4) is 0 Å². The van der Waals surface area contributed by atoms with Gasteiger partial charge in [-0.1, -0.05) is 0 Å². The maximum absolute atomic E-state index is 12.2. The van der Waals surface area contributed by atoms with Crippen molar-refractivity contribution in [1.82, 2.24) is 0 Å². The van der Waals surface area contributed by atoms with E-state index in [4.69, 9.17) is 10.5 Å². The predicted molar refractivity (Wildman–Crippen MR) is 85.3 cm³/mol. The minimum atomic E-state index is -1.15. The lowest BCUT2D eigenvalue weighted by molar-refractivity contribution is -0.124. The zero-order valence-corrected chi connectivity index (χ0v) is 13.1. The number of nitrogens with zero attached hydrogens (tertiary/aromatic N) is 2. The Balaban J connectivity index is 1.86. The number of hydrogen-bond donors (Lipinski definition) is 2. The minimum absolute atomic E-state index is 0.0352. The van der Waals surface area contributed by atoms with Gasteiger partial charge in [0.25, 0.3) is 5.91 Å². The Morgan fingerprint density at radius 2 is 2.04 bits per heavy atom. The summed E-state index contributed by atoms with van der Waals surface area (Å²) in [4.78, 5) is 27.4. The molecule has 2 aliphatic heterocycles. The van der Waals surface area contributed by atoms with E-state index in [9.17, 15) is 14.7 Å². The van der Waals surface area contributed by atoms with Crippen LogP contribution in [-0.4, -0.2) is 55.4 Å². The number of ether oxygens (including phenoxy) is 1. The summed E-state index contributed by atoms with van der Waals surface area (Å²) in [6.45, 7) is 3.67. The van der Waals surface area contributed by atoms with Crippen molar-refractivity contribution >= 4 is 23.2 Å². The normalized spacial score (nSPS) is 25.9. The molecule has 2 heterocycles. The number of aliphatic hydroxyl groups is 1. The summed E-state index contributed by atoms with van der Waals surface area (Å²) in [5.41, 5.74) is 8.13. The molecule has 0 aliphatic carbocycles. The fourth-order valence-corrected chi connectivity index (χ4v) is 3.02. The molecular formula is C16H21N3O4. The van der Waals surface area contributed by atoms with Crippen molar-refractivity contribution in [2.24, 2.45) is 5.73 Å². The SMILES string of the molecule is Cc1cc(N2CC(N)C(O)C2=O)ccc1N1CCOCCC1=O. The first-order valence-corrected chi connectivity index (χ1v) is 7.73. The molecular weight excluding hydrogens is 298 g/mol. The number of carbonyl (C=O) groups excluding carboxylic acids is 2. The lowest BCUT2D eigenvalue weighted by Gasteiger charge is -2.24. The Labute approximate surface area is 134 Å². The average Bonchev–Trinajstić information content (AvgIpc) is 2.69. The Hall–Kier alpha value is -1.96. The molecule has 2 aliphatic rings. The lowest BCUT2D eigenvalue weighted by atomic mass is 10.1. The molecule has 1 aromatic carbocycles. The number of aliphatic hydroxyl groups excluding tert-OH is 1.